The molecule has 0 saturated heterocycles. The van der Waals surface area contributed by atoms with Gasteiger partial charge in [-0.25, -0.2) is 0 Å². The van der Waals surface area contributed by atoms with Crippen LogP contribution < -0.4 is 0 Å². The second-order valence-corrected chi connectivity index (χ2v) is 11.5. The summed E-state index contributed by atoms with van der Waals surface area (Å²) in [5.74, 6) is 0. The largest absolute Gasteiger partial charge is 0.0616 e. The minimum Gasteiger partial charge on any atom is -0.0616 e. The van der Waals surface area contributed by atoms with Crippen LogP contribution in [0.5, 0.6) is 0 Å². The summed E-state index contributed by atoms with van der Waals surface area (Å²) < 4.78 is 2.31. The highest BCUT2D eigenvalue weighted by molar-refractivity contribution is 9.11. The predicted molar refractivity (Wildman–Crippen MR) is 172 cm³/mol. The van der Waals surface area contributed by atoms with E-state index >= 15 is 0 Å². The molecule has 8 aromatic rings. The minimum absolute atomic E-state index is 1.15. The van der Waals surface area contributed by atoms with E-state index in [4.69, 9.17) is 0 Å². The van der Waals surface area contributed by atoms with E-state index in [1.165, 1.54) is 75.8 Å². The van der Waals surface area contributed by atoms with Gasteiger partial charge in [0.25, 0.3) is 0 Å². The summed E-state index contributed by atoms with van der Waals surface area (Å²) in [5, 5.41) is 15.1. The van der Waals surface area contributed by atoms with Crippen molar-refractivity contribution in [1.82, 2.24) is 0 Å². The molecule has 8 aromatic carbocycles. The second-order valence-electron chi connectivity index (χ2n) is 9.95. The first-order chi connectivity index (χ1) is 18.7. The Morgan fingerprint density at radius 1 is 0.289 bits per heavy atom. The van der Waals surface area contributed by atoms with Crippen molar-refractivity contribution < 1.29 is 0 Å². The SMILES string of the molecule is Brc1c2ccccc2cc2c1ccc1c(-c3cc4c(Br)c5ccccc5cc4c4ccccc34)cccc12. The summed E-state index contributed by atoms with van der Waals surface area (Å²) in [6, 6.07) is 44.4. The van der Waals surface area contributed by atoms with Gasteiger partial charge in [-0.3, -0.25) is 0 Å². The van der Waals surface area contributed by atoms with Gasteiger partial charge in [0.1, 0.15) is 0 Å². The molecule has 0 aliphatic rings. The van der Waals surface area contributed by atoms with Crippen molar-refractivity contribution >= 4 is 96.5 Å². The van der Waals surface area contributed by atoms with Crippen molar-refractivity contribution in [3.63, 3.8) is 0 Å². The number of benzene rings is 8. The fourth-order valence-electron chi connectivity index (χ4n) is 6.17. The summed E-state index contributed by atoms with van der Waals surface area (Å²) in [5.41, 5.74) is 2.51. The third-order valence-corrected chi connectivity index (χ3v) is 9.66. The molecule has 0 N–H and O–H groups in total. The molecule has 0 nitrogen and oxygen atoms in total. The third-order valence-electron chi connectivity index (χ3n) is 7.95. The van der Waals surface area contributed by atoms with Gasteiger partial charge in [-0.1, -0.05) is 103 Å². The van der Waals surface area contributed by atoms with Gasteiger partial charge in [0.2, 0.25) is 0 Å². The summed E-state index contributed by atoms with van der Waals surface area (Å²) >= 11 is 7.90. The molecule has 0 aromatic heterocycles. The van der Waals surface area contributed by atoms with Crippen LogP contribution in [0.25, 0.3) is 75.8 Å². The summed E-state index contributed by atoms with van der Waals surface area (Å²) in [6.45, 7) is 0. The minimum atomic E-state index is 1.15. The Balaban J connectivity index is 1.51. The van der Waals surface area contributed by atoms with Crippen molar-refractivity contribution in [3.05, 3.63) is 130 Å². The molecule has 178 valence electrons. The van der Waals surface area contributed by atoms with Crippen molar-refractivity contribution in [1.29, 1.82) is 0 Å². The molecule has 8 rings (SSSR count). The maximum atomic E-state index is 3.98. The van der Waals surface area contributed by atoms with Crippen LogP contribution in [-0.2, 0) is 0 Å². The number of hydrogen-bond donors (Lipinski definition) is 0. The zero-order valence-corrected chi connectivity index (χ0v) is 23.5. The normalized spacial score (nSPS) is 11.9. The van der Waals surface area contributed by atoms with E-state index in [0.717, 1.165) is 8.95 Å². The molecule has 0 atom stereocenters. The van der Waals surface area contributed by atoms with Gasteiger partial charge in [0.05, 0.1) is 0 Å². The van der Waals surface area contributed by atoms with Crippen molar-refractivity contribution in [2.24, 2.45) is 0 Å². The van der Waals surface area contributed by atoms with E-state index in [2.05, 4.69) is 153 Å². The first-order valence-electron chi connectivity index (χ1n) is 12.7. The highest BCUT2D eigenvalue weighted by Gasteiger charge is 2.16. The lowest BCUT2D eigenvalue weighted by Gasteiger charge is -2.16. The maximum absolute atomic E-state index is 3.98. The molecule has 0 aliphatic carbocycles. The summed E-state index contributed by atoms with van der Waals surface area (Å²) in [6.07, 6.45) is 0. The van der Waals surface area contributed by atoms with E-state index in [-0.39, 0.29) is 0 Å². The fraction of sp³-hybridized carbons (Fsp3) is 0. The predicted octanol–water partition coefficient (Wildman–Crippen LogP) is 11.8. The number of fused-ring (bicyclic) bond motifs is 8. The van der Waals surface area contributed by atoms with Gasteiger partial charge in [-0.2, -0.15) is 0 Å². The second kappa shape index (κ2) is 8.39. The van der Waals surface area contributed by atoms with Gasteiger partial charge in [0, 0.05) is 8.95 Å². The molecular weight excluding hydrogens is 592 g/mol. The van der Waals surface area contributed by atoms with E-state index in [1.807, 2.05) is 0 Å². The molecule has 0 amide bonds. The highest BCUT2D eigenvalue weighted by Crippen LogP contribution is 2.44. The zero-order chi connectivity index (χ0) is 25.4. The van der Waals surface area contributed by atoms with Crippen LogP contribution in [0.2, 0.25) is 0 Å². The van der Waals surface area contributed by atoms with Crippen molar-refractivity contribution in [2.45, 2.75) is 0 Å². The Hall–Kier alpha value is -3.72. The Labute approximate surface area is 236 Å². The molecule has 0 fully saturated rings. The van der Waals surface area contributed by atoms with E-state index in [0.29, 0.717) is 0 Å². The molecule has 0 saturated carbocycles. The lowest BCUT2D eigenvalue weighted by atomic mass is 9.88. The van der Waals surface area contributed by atoms with Crippen molar-refractivity contribution in [2.75, 3.05) is 0 Å². The number of rotatable bonds is 1. The Kier molecular flexibility index (Phi) is 4.92. The Morgan fingerprint density at radius 3 is 1.45 bits per heavy atom. The highest BCUT2D eigenvalue weighted by atomic mass is 79.9. The molecule has 0 spiro atoms. The summed E-state index contributed by atoms with van der Waals surface area (Å²) in [7, 11) is 0. The van der Waals surface area contributed by atoms with Crippen LogP contribution in [0.1, 0.15) is 0 Å². The maximum Gasteiger partial charge on any atom is 0.0332 e. The van der Waals surface area contributed by atoms with Crippen LogP contribution in [0.3, 0.4) is 0 Å². The molecule has 0 radical (unpaired) electrons. The summed E-state index contributed by atoms with van der Waals surface area (Å²) in [4.78, 5) is 0. The fourth-order valence-corrected chi connectivity index (χ4v) is 7.56. The smallest absolute Gasteiger partial charge is 0.0332 e. The molecule has 0 aliphatic heterocycles. The van der Waals surface area contributed by atoms with Crippen LogP contribution in [-0.4, -0.2) is 0 Å². The van der Waals surface area contributed by atoms with Gasteiger partial charge in [-0.05, 0) is 126 Å². The molecule has 2 heteroatoms. The third kappa shape index (κ3) is 3.14. The molecule has 0 heterocycles. The van der Waals surface area contributed by atoms with Crippen LogP contribution in [0, 0.1) is 0 Å². The monoisotopic (exact) mass is 610 g/mol. The molecule has 0 bridgehead atoms. The lowest BCUT2D eigenvalue weighted by Crippen LogP contribution is -1.89. The Bertz CT molecular complexity index is 2260. The molecule has 38 heavy (non-hydrogen) atoms. The van der Waals surface area contributed by atoms with Gasteiger partial charge in [0.15, 0.2) is 0 Å². The van der Waals surface area contributed by atoms with Crippen molar-refractivity contribution in [3.8, 4) is 11.1 Å². The van der Waals surface area contributed by atoms with Crippen LogP contribution in [0.15, 0.2) is 130 Å². The first kappa shape index (κ1) is 22.3. The zero-order valence-electron chi connectivity index (χ0n) is 20.3. The van der Waals surface area contributed by atoms with E-state index in [1.54, 1.807) is 0 Å². The number of hydrogen-bond acceptors (Lipinski definition) is 0. The standard InChI is InChI=1S/C36H20Br2/c37-35-23-10-3-1-8-21(23)18-31-27-14-7-15-28(29(27)16-17-30(31)35)33-20-34-32(25-12-5-6-13-26(25)33)19-22-9-2-4-11-24(22)36(34)38/h1-20H. The first-order valence-corrected chi connectivity index (χ1v) is 14.3. The lowest BCUT2D eigenvalue weighted by molar-refractivity contribution is 1.71. The van der Waals surface area contributed by atoms with Crippen LogP contribution >= 0.6 is 31.9 Å². The van der Waals surface area contributed by atoms with Gasteiger partial charge in [-0.15, -0.1) is 0 Å². The average molecular weight is 612 g/mol. The molecule has 0 unspecified atom stereocenters. The quantitative estimate of drug-likeness (QED) is 0.128. The van der Waals surface area contributed by atoms with Gasteiger partial charge >= 0.3 is 0 Å². The van der Waals surface area contributed by atoms with Crippen LogP contribution in [0.4, 0.5) is 0 Å². The Morgan fingerprint density at radius 2 is 0.763 bits per heavy atom. The van der Waals surface area contributed by atoms with Gasteiger partial charge < -0.3 is 0 Å². The molecular formula is C36H20Br2. The van der Waals surface area contributed by atoms with E-state index < -0.39 is 0 Å². The van der Waals surface area contributed by atoms with E-state index in [9.17, 15) is 0 Å². The number of halogens is 2. The average Bonchev–Trinajstić information content (AvgIpc) is 2.97. The topological polar surface area (TPSA) is 0 Å².